The molecular formula is C27H31Cl4N3O3. The molecule has 0 radical (unpaired) electrons. The maximum Gasteiger partial charge on any atom is 0.410 e. The highest BCUT2D eigenvalue weighted by molar-refractivity contribution is 6.42. The molecule has 1 saturated heterocycles. The number of fused-ring (bicyclic) bond motifs is 1. The van der Waals surface area contributed by atoms with E-state index in [0.29, 0.717) is 32.4 Å². The summed E-state index contributed by atoms with van der Waals surface area (Å²) >= 11 is 24.9. The number of aromatic nitrogens is 2. The van der Waals surface area contributed by atoms with E-state index < -0.39 is 5.60 Å². The van der Waals surface area contributed by atoms with Crippen molar-refractivity contribution in [3.05, 3.63) is 56.2 Å². The number of rotatable bonds is 7. The van der Waals surface area contributed by atoms with Crippen molar-refractivity contribution in [2.24, 2.45) is 0 Å². The summed E-state index contributed by atoms with van der Waals surface area (Å²) in [7, 11) is 0. The van der Waals surface area contributed by atoms with Crippen molar-refractivity contribution in [1.29, 1.82) is 0 Å². The largest absolute Gasteiger partial charge is 0.484 e. The Kier molecular flexibility index (Phi) is 9.05. The van der Waals surface area contributed by atoms with Gasteiger partial charge in [0.2, 0.25) is 0 Å². The fraction of sp³-hybridized carbons (Fsp3) is 0.481. The van der Waals surface area contributed by atoms with Crippen molar-refractivity contribution < 1.29 is 14.3 Å². The van der Waals surface area contributed by atoms with E-state index in [1.807, 2.05) is 31.7 Å². The van der Waals surface area contributed by atoms with Crippen LogP contribution in [-0.2, 0) is 17.9 Å². The van der Waals surface area contributed by atoms with Crippen molar-refractivity contribution in [1.82, 2.24) is 14.5 Å². The summed E-state index contributed by atoms with van der Waals surface area (Å²) in [6.45, 7) is 7.30. The van der Waals surface area contributed by atoms with Gasteiger partial charge in [0.1, 0.15) is 23.8 Å². The van der Waals surface area contributed by atoms with E-state index in [4.69, 9.17) is 60.9 Å². The number of carbonyl (C=O) groups excluding carboxylic acids is 1. The first-order valence-corrected chi connectivity index (χ1v) is 13.9. The minimum atomic E-state index is -0.517. The average Bonchev–Trinajstić information content (AvgIpc) is 3.14. The molecule has 1 aliphatic heterocycles. The lowest BCUT2D eigenvalue weighted by Crippen LogP contribution is -2.46. The Bertz CT molecular complexity index is 1270. The van der Waals surface area contributed by atoms with Crippen LogP contribution in [0.2, 0.25) is 20.1 Å². The Hall–Kier alpha value is -1.86. The molecule has 1 fully saturated rings. The van der Waals surface area contributed by atoms with E-state index in [2.05, 4.69) is 4.57 Å². The van der Waals surface area contributed by atoms with E-state index in [9.17, 15) is 4.79 Å². The second-order valence-corrected chi connectivity index (χ2v) is 11.9. The number of nitrogens with zero attached hydrogens (tertiary/aromatic N) is 3. The van der Waals surface area contributed by atoms with Crippen LogP contribution in [-0.4, -0.2) is 38.7 Å². The van der Waals surface area contributed by atoms with Crippen LogP contribution in [0.5, 0.6) is 5.75 Å². The van der Waals surface area contributed by atoms with Gasteiger partial charge in [-0.2, -0.15) is 0 Å². The SMILES string of the molecule is CC(C)(C)OC(=O)N1CCCCC1CCCn1c(COc2ccc(Cl)cc2Cl)nc2cc(Cl)c(Cl)cc21. The summed E-state index contributed by atoms with van der Waals surface area (Å²) in [5, 5.41) is 1.88. The molecule has 1 unspecified atom stereocenters. The van der Waals surface area contributed by atoms with Gasteiger partial charge in [0, 0.05) is 24.2 Å². The number of benzene rings is 2. The zero-order valence-corrected chi connectivity index (χ0v) is 24.2. The van der Waals surface area contributed by atoms with Crippen LogP contribution in [0, 0.1) is 0 Å². The van der Waals surface area contributed by atoms with Gasteiger partial charge in [-0.25, -0.2) is 9.78 Å². The standard InChI is InChI=1S/C27H31Cl4N3O3/c1-27(2,3)37-26(35)33-11-5-4-7-18(33)8-6-12-34-23-15-20(30)19(29)14-22(23)32-25(34)16-36-24-10-9-17(28)13-21(24)31/h9-10,13-15,18H,4-8,11-12,16H2,1-3H3. The molecule has 6 nitrogen and oxygen atoms in total. The van der Waals surface area contributed by atoms with E-state index in [-0.39, 0.29) is 18.7 Å². The van der Waals surface area contributed by atoms with Gasteiger partial charge in [0.15, 0.2) is 0 Å². The number of imidazole rings is 1. The van der Waals surface area contributed by atoms with Crippen LogP contribution in [0.4, 0.5) is 4.79 Å². The van der Waals surface area contributed by atoms with E-state index in [0.717, 1.165) is 55.5 Å². The Morgan fingerprint density at radius 2 is 1.81 bits per heavy atom. The van der Waals surface area contributed by atoms with Crippen LogP contribution in [0.3, 0.4) is 0 Å². The number of hydrogen-bond acceptors (Lipinski definition) is 4. The third-order valence-electron chi connectivity index (χ3n) is 6.29. The summed E-state index contributed by atoms with van der Waals surface area (Å²) < 4.78 is 13.8. The molecule has 3 aromatic rings. The number of aryl methyl sites for hydroxylation is 1. The molecule has 1 aliphatic rings. The second kappa shape index (κ2) is 11.9. The first kappa shape index (κ1) is 28.2. The van der Waals surface area contributed by atoms with Gasteiger partial charge >= 0.3 is 6.09 Å². The van der Waals surface area contributed by atoms with Crippen molar-refractivity contribution in [2.75, 3.05) is 6.54 Å². The molecular weight excluding hydrogens is 556 g/mol. The van der Waals surface area contributed by atoms with Crippen LogP contribution in [0.25, 0.3) is 11.0 Å². The topological polar surface area (TPSA) is 56.6 Å². The van der Waals surface area contributed by atoms with Gasteiger partial charge in [-0.05, 0) is 83.2 Å². The first-order chi connectivity index (χ1) is 17.5. The zero-order chi connectivity index (χ0) is 26.7. The molecule has 0 spiro atoms. The van der Waals surface area contributed by atoms with Crippen LogP contribution >= 0.6 is 46.4 Å². The van der Waals surface area contributed by atoms with Crippen LogP contribution in [0.1, 0.15) is 58.7 Å². The smallest absolute Gasteiger partial charge is 0.410 e. The number of likely N-dealkylation sites (tertiary alicyclic amines) is 1. The summed E-state index contributed by atoms with van der Waals surface area (Å²) in [6, 6.07) is 8.84. The molecule has 0 bridgehead atoms. The molecule has 200 valence electrons. The lowest BCUT2D eigenvalue weighted by atomic mass is 9.98. The highest BCUT2D eigenvalue weighted by Crippen LogP contribution is 2.31. The number of amides is 1. The molecule has 1 amide bonds. The number of hydrogen-bond donors (Lipinski definition) is 0. The van der Waals surface area contributed by atoms with Crippen molar-refractivity contribution in [3.8, 4) is 5.75 Å². The molecule has 2 aromatic carbocycles. The Morgan fingerprint density at radius 1 is 1.05 bits per heavy atom. The molecule has 0 aliphatic carbocycles. The van der Waals surface area contributed by atoms with Crippen LogP contribution in [0.15, 0.2) is 30.3 Å². The van der Waals surface area contributed by atoms with E-state index >= 15 is 0 Å². The fourth-order valence-corrected chi connectivity index (χ4v) is 5.39. The normalized spacial score (nSPS) is 16.3. The third-order valence-corrected chi connectivity index (χ3v) is 7.55. The third kappa shape index (κ3) is 7.17. The molecule has 1 aromatic heterocycles. The number of ether oxygens (including phenoxy) is 2. The fourth-order valence-electron chi connectivity index (χ4n) is 4.61. The summed E-state index contributed by atoms with van der Waals surface area (Å²) in [5.41, 5.74) is 1.10. The quantitative estimate of drug-likeness (QED) is 0.277. The maximum absolute atomic E-state index is 12.8. The maximum atomic E-state index is 12.8. The van der Waals surface area contributed by atoms with Gasteiger partial charge in [0.05, 0.1) is 26.1 Å². The minimum Gasteiger partial charge on any atom is -0.484 e. The van der Waals surface area contributed by atoms with Gasteiger partial charge in [0.25, 0.3) is 0 Å². The first-order valence-electron chi connectivity index (χ1n) is 12.4. The summed E-state index contributed by atoms with van der Waals surface area (Å²) in [5.74, 6) is 1.25. The van der Waals surface area contributed by atoms with E-state index in [1.54, 1.807) is 24.3 Å². The molecule has 10 heteroatoms. The number of carbonyl (C=O) groups is 1. The Balaban J connectivity index is 1.51. The molecule has 0 saturated carbocycles. The molecule has 37 heavy (non-hydrogen) atoms. The van der Waals surface area contributed by atoms with Crippen molar-refractivity contribution in [3.63, 3.8) is 0 Å². The summed E-state index contributed by atoms with van der Waals surface area (Å²) in [6.07, 6.45) is 4.52. The zero-order valence-electron chi connectivity index (χ0n) is 21.2. The number of halogens is 4. The van der Waals surface area contributed by atoms with Gasteiger partial charge in [-0.15, -0.1) is 0 Å². The van der Waals surface area contributed by atoms with Gasteiger partial charge < -0.3 is 18.9 Å². The van der Waals surface area contributed by atoms with Gasteiger partial charge in [-0.3, -0.25) is 0 Å². The van der Waals surface area contributed by atoms with Gasteiger partial charge in [-0.1, -0.05) is 46.4 Å². The van der Waals surface area contributed by atoms with E-state index in [1.165, 1.54) is 0 Å². The lowest BCUT2D eigenvalue weighted by molar-refractivity contribution is 0.00852. The Labute approximate surface area is 237 Å². The predicted octanol–water partition coefficient (Wildman–Crippen LogP) is 8.80. The molecule has 1 atom stereocenters. The highest BCUT2D eigenvalue weighted by Gasteiger charge is 2.30. The van der Waals surface area contributed by atoms with Crippen molar-refractivity contribution in [2.45, 2.75) is 77.7 Å². The average molecular weight is 587 g/mol. The van der Waals surface area contributed by atoms with Crippen LogP contribution < -0.4 is 4.74 Å². The number of piperidine rings is 1. The van der Waals surface area contributed by atoms with Crippen molar-refractivity contribution >= 4 is 63.5 Å². The second-order valence-electron chi connectivity index (χ2n) is 10.3. The summed E-state index contributed by atoms with van der Waals surface area (Å²) in [4.78, 5) is 19.5. The minimum absolute atomic E-state index is 0.143. The highest BCUT2D eigenvalue weighted by atomic mass is 35.5. The predicted molar refractivity (Wildman–Crippen MR) is 150 cm³/mol. The Morgan fingerprint density at radius 3 is 2.54 bits per heavy atom. The lowest BCUT2D eigenvalue weighted by Gasteiger charge is -2.37. The molecule has 2 heterocycles. The molecule has 4 rings (SSSR count). The molecule has 0 N–H and O–H groups in total. The monoisotopic (exact) mass is 585 g/mol.